The number of halogens is 1. The number of hydrogen-bond acceptors (Lipinski definition) is 4. The molecule has 138 valence electrons. The van der Waals surface area contributed by atoms with E-state index in [1.807, 2.05) is 6.92 Å². The van der Waals surface area contributed by atoms with Crippen LogP contribution in [0.15, 0.2) is 28.7 Å². The Morgan fingerprint density at radius 1 is 1.20 bits per heavy atom. The van der Waals surface area contributed by atoms with Gasteiger partial charge in [-0.05, 0) is 37.6 Å². The predicted octanol–water partition coefficient (Wildman–Crippen LogP) is 2.46. The number of benzene rings is 1. The van der Waals surface area contributed by atoms with Gasteiger partial charge < -0.3 is 25.5 Å². The number of hydrogen-bond donors (Lipinski definition) is 3. The lowest BCUT2D eigenvalue weighted by Gasteiger charge is -2.20. The summed E-state index contributed by atoms with van der Waals surface area (Å²) in [6.07, 6.45) is 1.78. The number of carbonyl (C=O) groups is 3. The summed E-state index contributed by atoms with van der Waals surface area (Å²) < 4.78 is 6.05. The Balaban J connectivity index is 2.61. The van der Waals surface area contributed by atoms with E-state index in [-0.39, 0.29) is 6.61 Å². The molecule has 0 aliphatic rings. The molecule has 1 aromatic rings. The highest BCUT2D eigenvalue weighted by Gasteiger charge is 2.22. The van der Waals surface area contributed by atoms with Crippen molar-refractivity contribution in [3.8, 4) is 0 Å². The van der Waals surface area contributed by atoms with Crippen molar-refractivity contribution < 1.29 is 19.1 Å². The van der Waals surface area contributed by atoms with Crippen molar-refractivity contribution in [3.05, 3.63) is 28.7 Å². The number of anilines is 1. The molecule has 3 N–H and O–H groups in total. The van der Waals surface area contributed by atoms with Gasteiger partial charge in [-0.25, -0.2) is 4.79 Å². The Kier molecular flexibility index (Phi) is 9.79. The largest absolute Gasteiger partial charge is 0.379 e. The smallest absolute Gasteiger partial charge is 0.319 e. The second kappa shape index (κ2) is 11.6. The number of aldehydes is 1. The van der Waals surface area contributed by atoms with Gasteiger partial charge in [0.2, 0.25) is 5.91 Å². The first-order chi connectivity index (χ1) is 12.0. The lowest BCUT2D eigenvalue weighted by molar-refractivity contribution is -0.126. The van der Waals surface area contributed by atoms with Gasteiger partial charge in [0.1, 0.15) is 18.4 Å². The van der Waals surface area contributed by atoms with Crippen LogP contribution in [0.3, 0.4) is 0 Å². The topological polar surface area (TPSA) is 96.5 Å². The average Bonchev–Trinajstić information content (AvgIpc) is 2.60. The maximum absolute atomic E-state index is 12.3. The lowest BCUT2D eigenvalue weighted by atomic mass is 10.1. The van der Waals surface area contributed by atoms with Crippen LogP contribution in [0.2, 0.25) is 0 Å². The Morgan fingerprint density at radius 3 is 2.44 bits per heavy atom. The second-order valence-electron chi connectivity index (χ2n) is 5.36. The highest BCUT2D eigenvalue weighted by Crippen LogP contribution is 2.14. The number of ether oxygens (including phenoxy) is 1. The molecule has 0 aromatic heterocycles. The first-order valence-corrected chi connectivity index (χ1v) is 8.95. The molecule has 8 heteroatoms. The molecule has 0 radical (unpaired) electrons. The fraction of sp³-hybridized carbons (Fsp3) is 0.471. The summed E-state index contributed by atoms with van der Waals surface area (Å²) in [5.74, 6) is -0.412. The van der Waals surface area contributed by atoms with Crippen molar-refractivity contribution in [2.75, 3.05) is 18.5 Å². The van der Waals surface area contributed by atoms with Crippen LogP contribution in [0.5, 0.6) is 0 Å². The van der Waals surface area contributed by atoms with E-state index in [4.69, 9.17) is 4.74 Å². The Morgan fingerprint density at radius 2 is 1.88 bits per heavy atom. The molecule has 25 heavy (non-hydrogen) atoms. The molecule has 1 aromatic carbocycles. The van der Waals surface area contributed by atoms with Crippen molar-refractivity contribution in [1.29, 1.82) is 0 Å². The van der Waals surface area contributed by atoms with Gasteiger partial charge in [-0.3, -0.25) is 4.79 Å². The zero-order chi connectivity index (χ0) is 18.7. The van der Waals surface area contributed by atoms with Crippen molar-refractivity contribution in [1.82, 2.24) is 10.6 Å². The van der Waals surface area contributed by atoms with Crippen molar-refractivity contribution in [2.24, 2.45) is 0 Å². The van der Waals surface area contributed by atoms with Crippen molar-refractivity contribution in [3.63, 3.8) is 0 Å². The van der Waals surface area contributed by atoms with E-state index in [9.17, 15) is 14.4 Å². The number of carbonyl (C=O) groups excluding carboxylic acids is 3. The number of urea groups is 1. The third-order valence-corrected chi connectivity index (χ3v) is 3.82. The normalized spacial score (nSPS) is 12.8. The Labute approximate surface area is 156 Å². The van der Waals surface area contributed by atoms with Crippen LogP contribution in [-0.2, 0) is 14.3 Å². The molecule has 7 nitrogen and oxygen atoms in total. The molecule has 1 unspecified atom stereocenters. The molecular formula is C17H24BrN3O4. The van der Waals surface area contributed by atoms with Crippen LogP contribution in [0.1, 0.15) is 26.7 Å². The highest BCUT2D eigenvalue weighted by molar-refractivity contribution is 9.10. The van der Waals surface area contributed by atoms with E-state index in [1.165, 1.54) is 0 Å². The zero-order valence-electron chi connectivity index (χ0n) is 14.4. The molecule has 0 aliphatic heterocycles. The van der Waals surface area contributed by atoms with Crippen molar-refractivity contribution >= 4 is 39.8 Å². The fourth-order valence-electron chi connectivity index (χ4n) is 2.06. The number of rotatable bonds is 10. The standard InChI is InChI=1S/C17H24BrN3O4/c1-3-5-15(16(23)19-14(10-22)11-25-4-2)21-17(24)20-13-8-6-12(18)7-9-13/h6-10,14-15H,3-5,11H2,1-2H3,(H,19,23)(H2,20,21,24)/t14?,15-/m0/s1. The van der Waals surface area contributed by atoms with E-state index in [1.54, 1.807) is 31.2 Å². The molecule has 0 saturated carbocycles. The minimum absolute atomic E-state index is 0.107. The third-order valence-electron chi connectivity index (χ3n) is 3.29. The quantitative estimate of drug-likeness (QED) is 0.513. The van der Waals surface area contributed by atoms with Gasteiger partial charge in [-0.2, -0.15) is 0 Å². The van der Waals surface area contributed by atoms with E-state index in [0.717, 1.165) is 4.47 Å². The van der Waals surface area contributed by atoms with Gasteiger partial charge in [0, 0.05) is 16.8 Å². The molecule has 0 aliphatic carbocycles. The summed E-state index contributed by atoms with van der Waals surface area (Å²) >= 11 is 3.32. The van der Waals surface area contributed by atoms with Crippen LogP contribution in [-0.4, -0.2) is 43.5 Å². The third kappa shape index (κ3) is 8.13. The first kappa shape index (κ1) is 21.1. The summed E-state index contributed by atoms with van der Waals surface area (Å²) in [6, 6.07) is 5.13. The van der Waals surface area contributed by atoms with E-state index in [0.29, 0.717) is 31.4 Å². The van der Waals surface area contributed by atoms with Crippen LogP contribution >= 0.6 is 15.9 Å². The van der Waals surface area contributed by atoms with Gasteiger partial charge in [0.05, 0.1) is 6.61 Å². The van der Waals surface area contributed by atoms with E-state index in [2.05, 4.69) is 31.9 Å². The molecule has 0 fully saturated rings. The first-order valence-electron chi connectivity index (χ1n) is 8.16. The molecular weight excluding hydrogens is 390 g/mol. The van der Waals surface area contributed by atoms with Gasteiger partial charge in [0.25, 0.3) is 0 Å². The molecule has 0 heterocycles. The van der Waals surface area contributed by atoms with Gasteiger partial charge >= 0.3 is 6.03 Å². The Hall–Kier alpha value is -1.93. The summed E-state index contributed by atoms with van der Waals surface area (Å²) in [4.78, 5) is 35.4. The van der Waals surface area contributed by atoms with Gasteiger partial charge in [-0.1, -0.05) is 29.3 Å². The van der Waals surface area contributed by atoms with Crippen molar-refractivity contribution in [2.45, 2.75) is 38.8 Å². The minimum atomic E-state index is -0.733. The molecule has 0 bridgehead atoms. The van der Waals surface area contributed by atoms with E-state index >= 15 is 0 Å². The van der Waals surface area contributed by atoms with Crippen LogP contribution in [0, 0.1) is 0 Å². The molecule has 0 spiro atoms. The number of amides is 3. The monoisotopic (exact) mass is 413 g/mol. The SMILES string of the molecule is CCC[C@H](NC(=O)Nc1ccc(Br)cc1)C(=O)NC(C=O)COCC. The molecule has 3 amide bonds. The lowest BCUT2D eigenvalue weighted by Crippen LogP contribution is -2.52. The zero-order valence-corrected chi connectivity index (χ0v) is 16.0. The highest BCUT2D eigenvalue weighted by atomic mass is 79.9. The molecule has 0 saturated heterocycles. The van der Waals surface area contributed by atoms with Crippen LogP contribution in [0.4, 0.5) is 10.5 Å². The van der Waals surface area contributed by atoms with Crippen LogP contribution < -0.4 is 16.0 Å². The maximum Gasteiger partial charge on any atom is 0.319 e. The number of nitrogens with one attached hydrogen (secondary N) is 3. The minimum Gasteiger partial charge on any atom is -0.379 e. The predicted molar refractivity (Wildman–Crippen MR) is 99.5 cm³/mol. The molecule has 1 rings (SSSR count). The summed E-state index contributed by atoms with van der Waals surface area (Å²) in [6.45, 7) is 4.27. The van der Waals surface area contributed by atoms with Crippen LogP contribution in [0.25, 0.3) is 0 Å². The fourth-order valence-corrected chi connectivity index (χ4v) is 2.32. The van der Waals surface area contributed by atoms with Gasteiger partial charge in [0.15, 0.2) is 0 Å². The average molecular weight is 414 g/mol. The van der Waals surface area contributed by atoms with E-state index < -0.39 is 24.0 Å². The summed E-state index contributed by atoms with van der Waals surface area (Å²) in [7, 11) is 0. The van der Waals surface area contributed by atoms with Gasteiger partial charge in [-0.15, -0.1) is 0 Å². The molecule has 2 atom stereocenters. The summed E-state index contributed by atoms with van der Waals surface area (Å²) in [5, 5.41) is 7.89. The Bertz CT molecular complexity index is 566. The summed E-state index contributed by atoms with van der Waals surface area (Å²) in [5.41, 5.74) is 0.610. The maximum atomic E-state index is 12.3. The second-order valence-corrected chi connectivity index (χ2v) is 6.27.